The minimum atomic E-state index is -8.92. The molecule has 122 valence electrons. The number of hydrogen-bond donors (Lipinski definition) is 0. The van der Waals surface area contributed by atoms with Gasteiger partial charge in [-0.3, -0.25) is 0 Å². The molecule has 0 aliphatic rings. The van der Waals surface area contributed by atoms with Gasteiger partial charge in [0.1, 0.15) is 0 Å². The first-order valence-electron chi connectivity index (χ1n) is 4.53. The number of hydrogen-bond acceptors (Lipinski definition) is 2. The van der Waals surface area contributed by atoms with Gasteiger partial charge < -0.3 is 0 Å². The van der Waals surface area contributed by atoms with Crippen LogP contribution in [0.15, 0.2) is 0 Å². The molecule has 1 amide bonds. The van der Waals surface area contributed by atoms with Crippen molar-refractivity contribution in [3.05, 3.63) is 0 Å². The summed E-state index contributed by atoms with van der Waals surface area (Å²) in [5.41, 5.74) is 0. The van der Waals surface area contributed by atoms with Crippen molar-refractivity contribution in [2.75, 3.05) is 20.8 Å². The van der Waals surface area contributed by atoms with E-state index in [0.29, 0.717) is 14.1 Å². The van der Waals surface area contributed by atoms with Crippen LogP contribution in [0.5, 0.6) is 0 Å². The van der Waals surface area contributed by atoms with Crippen molar-refractivity contribution in [2.24, 2.45) is 0 Å². The van der Waals surface area contributed by atoms with E-state index in [1.165, 1.54) is 0 Å². The first-order valence-corrected chi connectivity index (χ1v) is 7.13. The van der Waals surface area contributed by atoms with E-state index in [1.54, 1.807) is 0 Å². The number of carbonyl (C=O) groups excluding carboxylic acids is 1. The second-order valence-corrected chi connectivity index (χ2v) is 8.75. The van der Waals surface area contributed by atoms with Crippen LogP contribution in [-0.2, 0) is 4.52 Å². The molecule has 0 aromatic heterocycles. The number of rotatable bonds is 1. The van der Waals surface area contributed by atoms with E-state index in [-0.39, 0.29) is 4.90 Å². The molecular formula is C7H9F9NO2P. The third kappa shape index (κ3) is 2.17. The first-order chi connectivity index (χ1) is 8.41. The van der Waals surface area contributed by atoms with Crippen molar-refractivity contribution in [3.63, 3.8) is 0 Å². The van der Waals surface area contributed by atoms with Crippen LogP contribution in [0.4, 0.5) is 44.3 Å². The number of carbonyl (C=O) groups is 1. The number of alkyl halides is 9. The average Bonchev–Trinajstić information content (AvgIpc) is 2.11. The Morgan fingerprint density at radius 2 is 1.10 bits per heavy atom. The second-order valence-electron chi connectivity index (χ2n) is 4.12. The normalized spacial score (nSPS) is 16.3. The molecule has 0 aliphatic carbocycles. The minimum absolute atomic E-state index is 0.0358. The molecule has 0 aromatic rings. The molecule has 20 heavy (non-hydrogen) atoms. The van der Waals surface area contributed by atoms with Crippen molar-refractivity contribution in [2.45, 2.75) is 17.8 Å². The van der Waals surface area contributed by atoms with E-state index < -0.39 is 37.3 Å². The molecule has 0 unspecified atom stereocenters. The van der Waals surface area contributed by atoms with E-state index in [4.69, 9.17) is 0 Å². The van der Waals surface area contributed by atoms with Crippen molar-refractivity contribution in [1.82, 2.24) is 4.90 Å². The first kappa shape index (κ1) is 19.1. The van der Waals surface area contributed by atoms with E-state index in [0.717, 1.165) is 0 Å². The predicted octanol–water partition coefficient (Wildman–Crippen LogP) is 4.34. The Morgan fingerprint density at radius 3 is 1.25 bits per heavy atom. The van der Waals surface area contributed by atoms with Crippen molar-refractivity contribution >= 4 is 12.9 Å². The molecule has 0 radical (unpaired) electrons. The molecule has 0 saturated carbocycles. The Hall–Kier alpha value is -0.930. The molecule has 0 heterocycles. The molecule has 0 N–H and O–H groups in total. The standard InChI is InChI=1S/C7H9F9NO2P/c1-17(2)4(18)19-20(3,5(8,9)10,6(11,12)13)7(14,15)16/h1-3H3. The van der Waals surface area contributed by atoms with Gasteiger partial charge in [0.25, 0.3) is 0 Å². The van der Waals surface area contributed by atoms with E-state index in [9.17, 15) is 44.3 Å². The van der Waals surface area contributed by atoms with Gasteiger partial charge in [-0.2, -0.15) is 0 Å². The van der Waals surface area contributed by atoms with Gasteiger partial charge in [-0.25, -0.2) is 0 Å². The van der Waals surface area contributed by atoms with Gasteiger partial charge in [0.05, 0.1) is 0 Å². The second kappa shape index (κ2) is 4.54. The van der Waals surface area contributed by atoms with Crippen LogP contribution in [0.3, 0.4) is 0 Å². The summed E-state index contributed by atoms with van der Waals surface area (Å²) in [4.78, 5) is 11.0. The van der Waals surface area contributed by atoms with E-state index >= 15 is 0 Å². The van der Waals surface area contributed by atoms with Gasteiger partial charge in [0, 0.05) is 0 Å². The van der Waals surface area contributed by atoms with Crippen LogP contribution in [0.25, 0.3) is 0 Å². The average molecular weight is 341 g/mol. The van der Waals surface area contributed by atoms with Crippen LogP contribution < -0.4 is 0 Å². The van der Waals surface area contributed by atoms with Crippen LogP contribution >= 0.6 is 6.83 Å². The van der Waals surface area contributed by atoms with Crippen molar-refractivity contribution in [3.8, 4) is 0 Å². The monoisotopic (exact) mass is 341 g/mol. The Balaban J connectivity index is 6.52. The molecule has 0 atom stereocenters. The molecular weight excluding hydrogens is 332 g/mol. The summed E-state index contributed by atoms with van der Waals surface area (Å²) in [6.07, 6.45) is -2.39. The van der Waals surface area contributed by atoms with Gasteiger partial charge >= 0.3 is 105 Å². The van der Waals surface area contributed by atoms with Crippen molar-refractivity contribution in [1.29, 1.82) is 0 Å². The summed E-state index contributed by atoms with van der Waals surface area (Å²) >= 11 is 0. The molecule has 0 spiro atoms. The zero-order valence-electron chi connectivity index (χ0n) is 10.1. The van der Waals surface area contributed by atoms with Gasteiger partial charge in [-0.05, 0) is 0 Å². The Labute approximate surface area is 106 Å². The zero-order chi connectivity index (χ0) is 16.8. The zero-order valence-corrected chi connectivity index (χ0v) is 11.0. The third-order valence-corrected chi connectivity index (χ3v) is 6.78. The molecule has 0 rings (SSSR count). The number of nitrogens with zero attached hydrogens (tertiary/aromatic N) is 1. The van der Waals surface area contributed by atoms with Crippen LogP contribution in [0.2, 0.25) is 0 Å². The SMILES string of the molecule is CN(C)C(=O)OP(C)(C(F)(F)F)(C(F)(F)F)C(F)(F)F. The quantitative estimate of drug-likeness (QED) is 0.524. The fourth-order valence-corrected chi connectivity index (χ4v) is 2.59. The fraction of sp³-hybridized carbons (Fsp3) is 0.857. The molecule has 13 heteroatoms. The molecule has 3 nitrogen and oxygen atoms in total. The number of halogens is 9. The summed E-state index contributed by atoms with van der Waals surface area (Å²) in [6.45, 7) is -10.1. The third-order valence-electron chi connectivity index (χ3n) is 2.50. The van der Waals surface area contributed by atoms with Crippen LogP contribution in [0, 0.1) is 0 Å². The van der Waals surface area contributed by atoms with Crippen LogP contribution in [-0.4, -0.2) is 49.5 Å². The van der Waals surface area contributed by atoms with Crippen molar-refractivity contribution < 1.29 is 48.8 Å². The Morgan fingerprint density at radius 1 is 0.850 bits per heavy atom. The summed E-state index contributed by atoms with van der Waals surface area (Å²) < 4.78 is 117. The maximum atomic E-state index is 12.7. The molecule has 0 saturated heterocycles. The van der Waals surface area contributed by atoms with E-state index in [2.05, 4.69) is 4.52 Å². The maximum absolute atomic E-state index is 12.7. The van der Waals surface area contributed by atoms with Gasteiger partial charge in [0.15, 0.2) is 0 Å². The number of amides is 1. The van der Waals surface area contributed by atoms with Gasteiger partial charge in [-0.1, -0.05) is 0 Å². The topological polar surface area (TPSA) is 29.5 Å². The van der Waals surface area contributed by atoms with Crippen LogP contribution in [0.1, 0.15) is 0 Å². The Bertz CT molecular complexity index is 358. The van der Waals surface area contributed by atoms with E-state index in [1.807, 2.05) is 0 Å². The predicted molar refractivity (Wildman–Crippen MR) is 51.2 cm³/mol. The molecule has 0 aliphatic heterocycles. The van der Waals surface area contributed by atoms with Gasteiger partial charge in [0.2, 0.25) is 0 Å². The summed E-state index contributed by atoms with van der Waals surface area (Å²) in [7, 11) is 1.29. The fourth-order valence-electron chi connectivity index (χ4n) is 0.863. The molecule has 0 aromatic carbocycles. The summed E-state index contributed by atoms with van der Waals surface area (Å²) in [5, 5.41) is 0. The summed E-state index contributed by atoms with van der Waals surface area (Å²) in [6, 6.07) is 0. The molecule has 0 fully saturated rings. The molecule has 0 bridgehead atoms. The Kier molecular flexibility index (Phi) is 4.33. The van der Waals surface area contributed by atoms with Gasteiger partial charge in [-0.15, -0.1) is 0 Å². The summed E-state index contributed by atoms with van der Waals surface area (Å²) in [5.74, 6) is -20.6.